The molecule has 1 aliphatic rings. The molecule has 0 spiro atoms. The van der Waals surface area contributed by atoms with Crippen LogP contribution in [0.25, 0.3) is 0 Å². The summed E-state index contributed by atoms with van der Waals surface area (Å²) < 4.78 is 47.1. The van der Waals surface area contributed by atoms with Crippen LogP contribution in [-0.2, 0) is 0 Å². The highest BCUT2D eigenvalue weighted by atomic mass is 32.2. The van der Waals surface area contributed by atoms with Gasteiger partial charge in [-0.3, -0.25) is 5.14 Å². The van der Waals surface area contributed by atoms with Crippen molar-refractivity contribution >= 4 is 11.9 Å². The van der Waals surface area contributed by atoms with Gasteiger partial charge >= 0.3 is 0 Å². The van der Waals surface area contributed by atoms with E-state index in [0.717, 1.165) is 24.1 Å². The average molecular weight is 352 g/mol. The number of nitrogens with two attached hydrogens (primary N) is 1. The van der Waals surface area contributed by atoms with Crippen LogP contribution in [0.15, 0.2) is 35.2 Å². The number of nitriles is 1. The summed E-state index contributed by atoms with van der Waals surface area (Å²) in [6, 6.07) is 7.90. The summed E-state index contributed by atoms with van der Waals surface area (Å²) in [5, 5.41) is 24.2. The third-order valence-corrected chi connectivity index (χ3v) is 4.33. The number of aliphatic hydroxyl groups excluding tert-OH is 1. The largest absolute Gasteiger partial charge is 0.457 e. The second kappa shape index (κ2) is 6.36. The summed E-state index contributed by atoms with van der Waals surface area (Å²) in [5.41, 5.74) is -0.110. The van der Waals surface area contributed by atoms with Crippen LogP contribution >= 0.6 is 11.9 Å². The van der Waals surface area contributed by atoms with Crippen LogP contribution in [0, 0.1) is 17.1 Å². The summed E-state index contributed by atoms with van der Waals surface area (Å²) in [6.45, 7) is 0. The van der Waals surface area contributed by atoms with E-state index in [1.165, 1.54) is 18.2 Å². The minimum atomic E-state index is -2.14. The molecule has 3 rings (SSSR count). The first kappa shape index (κ1) is 16.6. The van der Waals surface area contributed by atoms with Gasteiger partial charge in [-0.15, -0.1) is 0 Å². The monoisotopic (exact) mass is 352 g/mol. The van der Waals surface area contributed by atoms with Gasteiger partial charge in [0, 0.05) is 22.1 Å². The summed E-state index contributed by atoms with van der Waals surface area (Å²) in [5.74, 6) is -0.801. The normalized spacial score (nSPS) is 22.1. The van der Waals surface area contributed by atoms with E-state index in [0.29, 0.717) is 4.90 Å². The Bertz CT molecular complexity index is 841. The van der Waals surface area contributed by atoms with Crippen molar-refractivity contribution in [1.82, 2.24) is 0 Å². The fourth-order valence-corrected chi connectivity index (χ4v) is 3.17. The molecule has 0 aromatic heterocycles. The molecule has 2 aromatic carbocycles. The molecule has 3 N–H and O–H groups in total. The number of benzene rings is 2. The van der Waals surface area contributed by atoms with Gasteiger partial charge in [-0.25, -0.2) is 13.2 Å². The summed E-state index contributed by atoms with van der Waals surface area (Å²) >= 11 is 0.754. The number of ether oxygens (including phenoxy) is 1. The predicted octanol–water partition coefficient (Wildman–Crippen LogP) is 3.85. The highest BCUT2D eigenvalue weighted by molar-refractivity contribution is 7.97. The first-order valence-electron chi connectivity index (χ1n) is 6.84. The molecular weight excluding hydrogens is 341 g/mol. The van der Waals surface area contributed by atoms with Crippen molar-refractivity contribution < 1.29 is 23.0 Å². The van der Waals surface area contributed by atoms with Crippen molar-refractivity contribution in [3.05, 3.63) is 52.8 Å². The van der Waals surface area contributed by atoms with Gasteiger partial charge in [-0.2, -0.15) is 5.26 Å². The lowest BCUT2D eigenvalue weighted by atomic mass is 10.1. The zero-order valence-corrected chi connectivity index (χ0v) is 12.9. The fourth-order valence-electron chi connectivity index (χ4n) is 2.67. The van der Waals surface area contributed by atoms with Crippen LogP contribution in [0.5, 0.6) is 11.5 Å². The summed E-state index contributed by atoms with van der Waals surface area (Å²) in [7, 11) is 0. The lowest BCUT2D eigenvalue weighted by molar-refractivity contribution is 0.0455. The smallest absolute Gasteiger partial charge is 0.165 e. The number of aliphatic hydroxyl groups is 1. The van der Waals surface area contributed by atoms with Crippen LogP contribution in [-0.4, -0.2) is 11.3 Å². The molecule has 0 bridgehead atoms. The lowest BCUT2D eigenvalue weighted by Gasteiger charge is -2.14. The highest BCUT2D eigenvalue weighted by Gasteiger charge is 2.44. The number of nitrogens with zero attached hydrogens (tertiary/aromatic N) is 1. The first-order valence-corrected chi connectivity index (χ1v) is 7.72. The van der Waals surface area contributed by atoms with E-state index in [9.17, 15) is 18.3 Å². The van der Waals surface area contributed by atoms with Gasteiger partial charge in [0.15, 0.2) is 12.3 Å². The van der Waals surface area contributed by atoms with Crippen molar-refractivity contribution in [2.45, 2.75) is 23.3 Å². The number of hydrogen-bond donors (Lipinski definition) is 2. The van der Waals surface area contributed by atoms with Crippen molar-refractivity contribution in [3.63, 3.8) is 0 Å². The van der Waals surface area contributed by atoms with Crippen LogP contribution < -0.4 is 9.88 Å². The first-order chi connectivity index (χ1) is 11.5. The molecule has 4 nitrogen and oxygen atoms in total. The molecule has 2 aromatic rings. The number of rotatable bonds is 3. The van der Waals surface area contributed by atoms with E-state index in [1.807, 2.05) is 0 Å². The molecule has 8 heteroatoms. The van der Waals surface area contributed by atoms with Crippen molar-refractivity contribution in [2.24, 2.45) is 5.14 Å². The molecule has 3 unspecified atom stereocenters. The van der Waals surface area contributed by atoms with Crippen LogP contribution in [0.4, 0.5) is 13.2 Å². The predicted molar refractivity (Wildman–Crippen MR) is 81.4 cm³/mol. The molecule has 0 radical (unpaired) electrons. The quantitative estimate of drug-likeness (QED) is 0.820. The van der Waals surface area contributed by atoms with Gasteiger partial charge in [0.25, 0.3) is 0 Å². The third kappa shape index (κ3) is 2.71. The Morgan fingerprint density at radius 3 is 2.62 bits per heavy atom. The Hall–Kier alpha value is -2.21. The van der Waals surface area contributed by atoms with Gasteiger partial charge in [0.2, 0.25) is 0 Å². The fraction of sp³-hybridized carbons (Fsp3) is 0.188. The van der Waals surface area contributed by atoms with Crippen molar-refractivity contribution in [3.8, 4) is 17.6 Å². The maximum absolute atomic E-state index is 14.3. The van der Waals surface area contributed by atoms with Crippen LogP contribution in [0.1, 0.15) is 29.0 Å². The zero-order valence-electron chi connectivity index (χ0n) is 12.0. The van der Waals surface area contributed by atoms with E-state index < -0.39 is 24.3 Å². The molecular formula is C16H11F3N2O2S. The second-order valence-corrected chi connectivity index (χ2v) is 5.86. The Labute approximate surface area is 139 Å². The maximum atomic E-state index is 14.3. The molecule has 0 fully saturated rings. The minimum Gasteiger partial charge on any atom is -0.457 e. The van der Waals surface area contributed by atoms with Gasteiger partial charge in [-0.05, 0) is 36.2 Å². The summed E-state index contributed by atoms with van der Waals surface area (Å²) in [6.07, 6.45) is -5.90. The van der Waals surface area contributed by atoms with Crippen LogP contribution in [0.2, 0.25) is 0 Å². The Morgan fingerprint density at radius 1 is 1.21 bits per heavy atom. The van der Waals surface area contributed by atoms with Crippen LogP contribution in [0.3, 0.4) is 0 Å². The molecule has 0 aliphatic heterocycles. The minimum absolute atomic E-state index is 0.0241. The van der Waals surface area contributed by atoms with E-state index in [2.05, 4.69) is 0 Å². The van der Waals surface area contributed by atoms with Gasteiger partial charge < -0.3 is 9.84 Å². The van der Waals surface area contributed by atoms with Crippen molar-refractivity contribution in [1.29, 1.82) is 5.26 Å². The molecule has 0 amide bonds. The SMILES string of the molecule is N#Cc1cc(F)cc(Oc2ccc(SN)c3c2C(F)C(F)C3O)c1. The van der Waals surface area contributed by atoms with Crippen molar-refractivity contribution in [2.75, 3.05) is 0 Å². The Morgan fingerprint density at radius 2 is 1.96 bits per heavy atom. The van der Waals surface area contributed by atoms with E-state index in [-0.39, 0.29) is 28.2 Å². The lowest BCUT2D eigenvalue weighted by Crippen LogP contribution is -2.09. The van der Waals surface area contributed by atoms with E-state index >= 15 is 0 Å². The molecule has 0 saturated carbocycles. The topological polar surface area (TPSA) is 79.3 Å². The Kier molecular flexibility index (Phi) is 4.41. The number of hydrogen-bond acceptors (Lipinski definition) is 5. The molecule has 1 aliphatic carbocycles. The summed E-state index contributed by atoms with van der Waals surface area (Å²) in [4.78, 5) is 0.324. The molecule has 3 atom stereocenters. The maximum Gasteiger partial charge on any atom is 0.165 e. The molecule has 24 heavy (non-hydrogen) atoms. The Balaban J connectivity index is 2.08. The average Bonchev–Trinajstić information content (AvgIpc) is 2.80. The number of halogens is 3. The molecule has 124 valence electrons. The molecule has 0 heterocycles. The van der Waals surface area contributed by atoms with E-state index in [1.54, 1.807) is 6.07 Å². The molecule has 0 saturated heterocycles. The number of fused-ring (bicyclic) bond motifs is 1. The third-order valence-electron chi connectivity index (χ3n) is 3.72. The zero-order chi connectivity index (χ0) is 17.4. The highest BCUT2D eigenvalue weighted by Crippen LogP contribution is 2.51. The number of alkyl halides is 2. The van der Waals surface area contributed by atoms with Gasteiger partial charge in [-0.1, -0.05) is 0 Å². The second-order valence-electron chi connectivity index (χ2n) is 5.19. The van der Waals surface area contributed by atoms with Gasteiger partial charge in [0.05, 0.1) is 11.6 Å². The standard InChI is InChI=1S/C16H11F3N2O2S/c17-8-3-7(6-20)4-9(5-8)23-10-1-2-11(24-21)13-12(10)14(18)15(19)16(13)22/h1-5,14-16,22H,21H2. The van der Waals surface area contributed by atoms with E-state index in [4.69, 9.17) is 15.1 Å². The van der Waals surface area contributed by atoms with Gasteiger partial charge in [0.1, 0.15) is 23.4 Å².